The monoisotopic (exact) mass is 428 g/mol. The lowest BCUT2D eigenvalue weighted by atomic mass is 10.0. The van der Waals surface area contributed by atoms with Crippen LogP contribution in [0.3, 0.4) is 0 Å². The Kier molecular flexibility index (Phi) is 4.16. The van der Waals surface area contributed by atoms with Crippen molar-refractivity contribution in [2.24, 2.45) is 0 Å². The van der Waals surface area contributed by atoms with E-state index in [1.807, 2.05) is 6.07 Å². The molecule has 0 aliphatic heterocycles. The summed E-state index contributed by atoms with van der Waals surface area (Å²) in [6.45, 7) is 0. The fourth-order valence-corrected chi connectivity index (χ4v) is 5.55. The number of furan rings is 1. The first-order valence-electron chi connectivity index (χ1n) is 11.8. The number of rotatable bonds is 3. The Labute approximate surface area is 192 Å². The first kappa shape index (κ1) is 18.7. The SMILES string of the molecule is c1ccc(-c2ccc3c(c2)oc2c(-c4nc5ccccc5n4C4CCCC4)cccc23)cc1. The third-order valence-corrected chi connectivity index (χ3v) is 7.13. The quantitative estimate of drug-likeness (QED) is 0.283. The fourth-order valence-electron chi connectivity index (χ4n) is 5.55. The number of fused-ring (bicyclic) bond motifs is 4. The van der Waals surface area contributed by atoms with E-state index in [0.717, 1.165) is 38.8 Å². The van der Waals surface area contributed by atoms with E-state index in [2.05, 4.69) is 89.5 Å². The van der Waals surface area contributed by atoms with Gasteiger partial charge in [-0.3, -0.25) is 0 Å². The molecule has 0 unspecified atom stereocenters. The zero-order valence-corrected chi connectivity index (χ0v) is 18.4. The molecule has 3 nitrogen and oxygen atoms in total. The normalized spacial score (nSPS) is 14.7. The number of para-hydroxylation sites is 3. The molecule has 7 rings (SSSR count). The molecule has 0 saturated heterocycles. The standard InChI is InChI=1S/C30H24N2O/c1-2-9-20(10-3-1)21-17-18-23-24-13-8-14-25(29(24)33-28(23)19-21)30-31-26-15-6-7-16-27(26)32(30)22-11-4-5-12-22/h1-3,6-10,13-19,22H,4-5,11-12H2. The summed E-state index contributed by atoms with van der Waals surface area (Å²) in [4.78, 5) is 5.12. The minimum absolute atomic E-state index is 0.497. The molecular weight excluding hydrogens is 404 g/mol. The maximum Gasteiger partial charge on any atom is 0.146 e. The molecule has 1 fully saturated rings. The van der Waals surface area contributed by atoms with Crippen molar-refractivity contribution in [1.29, 1.82) is 0 Å². The topological polar surface area (TPSA) is 31.0 Å². The fraction of sp³-hybridized carbons (Fsp3) is 0.167. The van der Waals surface area contributed by atoms with Gasteiger partial charge in [-0.2, -0.15) is 0 Å². The van der Waals surface area contributed by atoms with Crippen LogP contribution in [0.1, 0.15) is 31.7 Å². The van der Waals surface area contributed by atoms with Gasteiger partial charge in [0.05, 0.1) is 16.6 Å². The number of hydrogen-bond acceptors (Lipinski definition) is 2. The predicted molar refractivity (Wildman–Crippen MR) is 135 cm³/mol. The third kappa shape index (κ3) is 2.92. The molecule has 4 aromatic carbocycles. The Morgan fingerprint density at radius 1 is 0.727 bits per heavy atom. The highest BCUT2D eigenvalue weighted by Crippen LogP contribution is 2.41. The molecule has 160 valence electrons. The highest BCUT2D eigenvalue weighted by molar-refractivity contribution is 6.10. The third-order valence-electron chi connectivity index (χ3n) is 7.13. The van der Waals surface area contributed by atoms with Gasteiger partial charge >= 0.3 is 0 Å². The highest BCUT2D eigenvalue weighted by Gasteiger charge is 2.25. The lowest BCUT2D eigenvalue weighted by Crippen LogP contribution is -2.06. The van der Waals surface area contributed by atoms with Crippen molar-refractivity contribution >= 4 is 33.0 Å². The molecule has 0 bridgehead atoms. The highest BCUT2D eigenvalue weighted by atomic mass is 16.3. The summed E-state index contributed by atoms with van der Waals surface area (Å²) in [7, 11) is 0. The van der Waals surface area contributed by atoms with Gasteiger partial charge in [0.15, 0.2) is 0 Å². The van der Waals surface area contributed by atoms with Crippen molar-refractivity contribution in [2.75, 3.05) is 0 Å². The van der Waals surface area contributed by atoms with Gasteiger partial charge in [0.25, 0.3) is 0 Å². The van der Waals surface area contributed by atoms with Crippen LogP contribution in [-0.2, 0) is 0 Å². The van der Waals surface area contributed by atoms with Gasteiger partial charge < -0.3 is 8.98 Å². The molecule has 33 heavy (non-hydrogen) atoms. The lowest BCUT2D eigenvalue weighted by molar-refractivity contribution is 0.537. The smallest absolute Gasteiger partial charge is 0.146 e. The van der Waals surface area contributed by atoms with Crippen molar-refractivity contribution in [2.45, 2.75) is 31.7 Å². The number of nitrogens with zero attached hydrogens (tertiary/aromatic N) is 2. The van der Waals surface area contributed by atoms with E-state index in [1.165, 1.54) is 42.3 Å². The van der Waals surface area contributed by atoms with E-state index in [4.69, 9.17) is 9.40 Å². The number of aromatic nitrogens is 2. The molecule has 2 aromatic heterocycles. The first-order valence-corrected chi connectivity index (χ1v) is 11.8. The van der Waals surface area contributed by atoms with Gasteiger partial charge in [0.2, 0.25) is 0 Å². The van der Waals surface area contributed by atoms with Crippen LogP contribution in [0, 0.1) is 0 Å². The molecule has 0 radical (unpaired) electrons. The van der Waals surface area contributed by atoms with Gasteiger partial charge in [-0.25, -0.2) is 4.98 Å². The molecule has 0 amide bonds. The Bertz CT molecular complexity index is 1620. The van der Waals surface area contributed by atoms with Crippen molar-refractivity contribution < 1.29 is 4.42 Å². The minimum atomic E-state index is 0.497. The molecular formula is C30H24N2O. The second-order valence-corrected chi connectivity index (χ2v) is 9.09. The lowest BCUT2D eigenvalue weighted by Gasteiger charge is -2.16. The molecule has 0 spiro atoms. The summed E-state index contributed by atoms with van der Waals surface area (Å²) >= 11 is 0. The summed E-state index contributed by atoms with van der Waals surface area (Å²) in [5.74, 6) is 1.02. The largest absolute Gasteiger partial charge is 0.455 e. The van der Waals surface area contributed by atoms with Crippen molar-refractivity contribution in [3.05, 3.63) is 91.0 Å². The zero-order chi connectivity index (χ0) is 21.8. The second kappa shape index (κ2) is 7.35. The summed E-state index contributed by atoms with van der Waals surface area (Å²) in [5, 5.41) is 2.29. The van der Waals surface area contributed by atoms with Crippen molar-refractivity contribution in [3.8, 4) is 22.5 Å². The number of imidazole rings is 1. The van der Waals surface area contributed by atoms with Crippen LogP contribution >= 0.6 is 0 Å². The average Bonchev–Trinajstić information content (AvgIpc) is 3.60. The van der Waals surface area contributed by atoms with Crippen LogP contribution in [0.2, 0.25) is 0 Å². The van der Waals surface area contributed by atoms with Crippen molar-refractivity contribution in [3.63, 3.8) is 0 Å². The molecule has 3 heteroatoms. The van der Waals surface area contributed by atoms with Gasteiger partial charge in [-0.1, -0.05) is 73.5 Å². The van der Waals surface area contributed by atoms with Crippen LogP contribution in [0.5, 0.6) is 0 Å². The Hall–Kier alpha value is -3.85. The molecule has 1 aliphatic rings. The minimum Gasteiger partial charge on any atom is -0.455 e. The first-order chi connectivity index (χ1) is 16.4. The van der Waals surface area contributed by atoms with Gasteiger partial charge in [0.1, 0.15) is 17.0 Å². The predicted octanol–water partition coefficient (Wildman–Crippen LogP) is 8.38. The van der Waals surface area contributed by atoms with Gasteiger partial charge in [-0.05, 0) is 54.3 Å². The molecule has 0 N–H and O–H groups in total. The Balaban J connectivity index is 1.47. The van der Waals surface area contributed by atoms with Crippen molar-refractivity contribution in [1.82, 2.24) is 9.55 Å². The zero-order valence-electron chi connectivity index (χ0n) is 18.4. The van der Waals surface area contributed by atoms with Crippen LogP contribution in [0.15, 0.2) is 95.4 Å². The molecule has 6 aromatic rings. The summed E-state index contributed by atoms with van der Waals surface area (Å²) in [5.41, 5.74) is 7.56. The molecule has 0 atom stereocenters. The number of benzene rings is 4. The van der Waals surface area contributed by atoms with Crippen LogP contribution < -0.4 is 0 Å². The van der Waals surface area contributed by atoms with Crippen LogP contribution in [0.4, 0.5) is 0 Å². The summed E-state index contributed by atoms with van der Waals surface area (Å²) in [6.07, 6.45) is 5.00. The van der Waals surface area contributed by atoms with E-state index in [-0.39, 0.29) is 0 Å². The molecule has 2 heterocycles. The van der Waals surface area contributed by atoms with Gasteiger partial charge in [-0.15, -0.1) is 0 Å². The van der Waals surface area contributed by atoms with E-state index in [0.29, 0.717) is 6.04 Å². The van der Waals surface area contributed by atoms with Gasteiger partial charge in [0, 0.05) is 16.8 Å². The summed E-state index contributed by atoms with van der Waals surface area (Å²) in [6, 6.07) is 32.5. The maximum atomic E-state index is 6.56. The summed E-state index contributed by atoms with van der Waals surface area (Å²) < 4.78 is 9.03. The van der Waals surface area contributed by atoms with Crippen LogP contribution in [0.25, 0.3) is 55.5 Å². The maximum absolute atomic E-state index is 6.56. The van der Waals surface area contributed by atoms with Crippen LogP contribution in [-0.4, -0.2) is 9.55 Å². The molecule has 1 aliphatic carbocycles. The average molecular weight is 429 g/mol. The number of hydrogen-bond donors (Lipinski definition) is 0. The Morgan fingerprint density at radius 2 is 1.55 bits per heavy atom. The molecule has 1 saturated carbocycles. The van der Waals surface area contributed by atoms with E-state index >= 15 is 0 Å². The van der Waals surface area contributed by atoms with E-state index in [1.54, 1.807) is 0 Å². The second-order valence-electron chi connectivity index (χ2n) is 9.09. The van der Waals surface area contributed by atoms with E-state index < -0.39 is 0 Å². The Morgan fingerprint density at radius 3 is 2.42 bits per heavy atom. The van der Waals surface area contributed by atoms with E-state index in [9.17, 15) is 0 Å².